The zero-order valence-corrected chi connectivity index (χ0v) is 15.1. The summed E-state index contributed by atoms with van der Waals surface area (Å²) < 4.78 is 8.16. The third kappa shape index (κ3) is 3.19. The van der Waals surface area contributed by atoms with Crippen LogP contribution < -0.4 is 10.1 Å². The van der Waals surface area contributed by atoms with E-state index in [-0.39, 0.29) is 12.0 Å². The maximum atomic E-state index is 12.8. The Labute approximate surface area is 153 Å². The Morgan fingerprint density at radius 2 is 2.04 bits per heavy atom. The van der Waals surface area contributed by atoms with E-state index in [1.54, 1.807) is 0 Å². The summed E-state index contributed by atoms with van der Waals surface area (Å²) in [6, 6.07) is 18.4. The van der Waals surface area contributed by atoms with E-state index in [4.69, 9.17) is 4.74 Å². The number of carbonyl (C=O) groups excluding carboxylic acids is 1. The molecule has 4 nitrogen and oxygen atoms in total. The maximum absolute atomic E-state index is 12.8. The van der Waals surface area contributed by atoms with Crippen LogP contribution >= 0.6 is 0 Å². The number of nitrogens with zero attached hydrogens (tertiary/aromatic N) is 1. The first-order valence-electron chi connectivity index (χ1n) is 9.37. The minimum Gasteiger partial charge on any atom is -0.486 e. The number of benzene rings is 2. The van der Waals surface area contributed by atoms with Gasteiger partial charge in [0.05, 0.1) is 12.1 Å². The summed E-state index contributed by atoms with van der Waals surface area (Å²) in [5.41, 5.74) is 3.07. The molecule has 0 fully saturated rings. The minimum atomic E-state index is -0.00281. The predicted octanol–water partition coefficient (Wildman–Crippen LogP) is 4.17. The highest BCUT2D eigenvalue weighted by molar-refractivity contribution is 6.00. The molecule has 1 N–H and O–H groups in total. The van der Waals surface area contributed by atoms with Gasteiger partial charge in [0.1, 0.15) is 17.5 Å². The van der Waals surface area contributed by atoms with Crippen LogP contribution in [0.15, 0.2) is 54.6 Å². The van der Waals surface area contributed by atoms with Gasteiger partial charge < -0.3 is 14.6 Å². The number of aryl methyl sites for hydroxylation is 1. The molecule has 4 rings (SSSR count). The molecule has 134 valence electrons. The van der Waals surface area contributed by atoms with Crippen molar-refractivity contribution in [3.63, 3.8) is 0 Å². The standard InChI is InChI=1S/C22H24N2O2/c1-2-18-15-24-19(14-17-11-6-12-20(26-18)21(17)24)22(25)23-13-7-10-16-8-4-3-5-9-16/h3-6,8-9,11-12,14,18H,2,7,10,13,15H2,1H3,(H,23,25)/t18-/m0/s1. The number of nitrogens with one attached hydrogen (secondary N) is 1. The lowest BCUT2D eigenvalue weighted by molar-refractivity contribution is 0.0937. The zero-order valence-electron chi connectivity index (χ0n) is 15.1. The van der Waals surface area contributed by atoms with Crippen molar-refractivity contribution in [1.82, 2.24) is 9.88 Å². The molecule has 0 aliphatic carbocycles. The summed E-state index contributed by atoms with van der Waals surface area (Å²) in [6.45, 7) is 3.52. The van der Waals surface area contributed by atoms with Gasteiger partial charge in [0.2, 0.25) is 0 Å². The van der Waals surface area contributed by atoms with Crippen molar-refractivity contribution in [2.45, 2.75) is 38.8 Å². The number of para-hydroxylation sites is 1. The molecule has 26 heavy (non-hydrogen) atoms. The van der Waals surface area contributed by atoms with Crippen LogP contribution in [0.3, 0.4) is 0 Å². The molecule has 0 saturated heterocycles. The second kappa shape index (κ2) is 7.24. The SMILES string of the molecule is CC[C@H]1Cn2c(C(=O)NCCCc3ccccc3)cc3cccc(c32)O1. The summed E-state index contributed by atoms with van der Waals surface area (Å²) in [7, 11) is 0. The van der Waals surface area contributed by atoms with E-state index in [2.05, 4.69) is 41.1 Å². The maximum Gasteiger partial charge on any atom is 0.267 e. The van der Waals surface area contributed by atoms with Crippen molar-refractivity contribution >= 4 is 16.8 Å². The Hall–Kier alpha value is -2.75. The molecule has 1 amide bonds. The van der Waals surface area contributed by atoms with E-state index in [0.717, 1.165) is 48.2 Å². The molecule has 0 saturated carbocycles. The first kappa shape index (κ1) is 16.7. The van der Waals surface area contributed by atoms with Crippen LogP contribution in [0, 0.1) is 0 Å². The van der Waals surface area contributed by atoms with E-state index in [1.165, 1.54) is 5.56 Å². The number of hydrogen-bond acceptors (Lipinski definition) is 2. The molecule has 1 atom stereocenters. The van der Waals surface area contributed by atoms with Crippen LogP contribution in [-0.2, 0) is 13.0 Å². The summed E-state index contributed by atoms with van der Waals surface area (Å²) in [6.07, 6.45) is 2.94. The van der Waals surface area contributed by atoms with E-state index in [9.17, 15) is 4.79 Å². The van der Waals surface area contributed by atoms with Crippen LogP contribution in [0.1, 0.15) is 35.8 Å². The third-order valence-electron chi connectivity index (χ3n) is 5.02. The van der Waals surface area contributed by atoms with Gasteiger partial charge in [-0.25, -0.2) is 0 Å². The van der Waals surface area contributed by atoms with E-state index in [0.29, 0.717) is 6.54 Å². The van der Waals surface area contributed by atoms with Gasteiger partial charge in [-0.15, -0.1) is 0 Å². The fourth-order valence-electron chi connectivity index (χ4n) is 3.63. The fourth-order valence-corrected chi connectivity index (χ4v) is 3.63. The second-order valence-electron chi connectivity index (χ2n) is 6.83. The van der Waals surface area contributed by atoms with Gasteiger partial charge in [-0.3, -0.25) is 4.79 Å². The summed E-state index contributed by atoms with van der Waals surface area (Å²) in [5, 5.41) is 4.14. The molecule has 0 unspecified atom stereocenters. The van der Waals surface area contributed by atoms with Gasteiger partial charge in [-0.1, -0.05) is 49.4 Å². The zero-order chi connectivity index (χ0) is 17.9. The van der Waals surface area contributed by atoms with Gasteiger partial charge >= 0.3 is 0 Å². The highest BCUT2D eigenvalue weighted by Crippen LogP contribution is 2.34. The Morgan fingerprint density at radius 1 is 1.19 bits per heavy atom. The lowest BCUT2D eigenvalue weighted by Gasteiger charge is -2.26. The summed E-state index contributed by atoms with van der Waals surface area (Å²) >= 11 is 0. The normalized spacial score (nSPS) is 15.7. The second-order valence-corrected chi connectivity index (χ2v) is 6.83. The first-order valence-corrected chi connectivity index (χ1v) is 9.37. The van der Waals surface area contributed by atoms with Gasteiger partial charge in [0, 0.05) is 11.9 Å². The van der Waals surface area contributed by atoms with Gasteiger partial charge in [0.15, 0.2) is 0 Å². The molecule has 0 radical (unpaired) electrons. The Kier molecular flexibility index (Phi) is 4.65. The Morgan fingerprint density at radius 3 is 2.85 bits per heavy atom. The van der Waals surface area contributed by atoms with Gasteiger partial charge in [-0.2, -0.15) is 0 Å². The molecular formula is C22H24N2O2. The topological polar surface area (TPSA) is 43.3 Å². The van der Waals surface area contributed by atoms with E-state index in [1.807, 2.05) is 30.3 Å². The van der Waals surface area contributed by atoms with Crippen LogP contribution in [0.2, 0.25) is 0 Å². The monoisotopic (exact) mass is 348 g/mol. The van der Waals surface area contributed by atoms with Crippen LogP contribution in [0.5, 0.6) is 5.75 Å². The third-order valence-corrected chi connectivity index (χ3v) is 5.02. The van der Waals surface area contributed by atoms with Crippen molar-refractivity contribution in [2.24, 2.45) is 0 Å². The summed E-state index contributed by atoms with van der Waals surface area (Å²) in [4.78, 5) is 12.8. The number of carbonyl (C=O) groups is 1. The number of rotatable bonds is 6. The van der Waals surface area contributed by atoms with Crippen molar-refractivity contribution in [2.75, 3.05) is 6.54 Å². The van der Waals surface area contributed by atoms with Crippen molar-refractivity contribution in [3.8, 4) is 5.75 Å². The Bertz CT molecular complexity index is 915. The molecule has 1 aliphatic heterocycles. The first-order chi connectivity index (χ1) is 12.8. The molecular weight excluding hydrogens is 324 g/mol. The highest BCUT2D eigenvalue weighted by Gasteiger charge is 2.25. The molecule has 3 aromatic rings. The van der Waals surface area contributed by atoms with Gasteiger partial charge in [0.25, 0.3) is 5.91 Å². The smallest absolute Gasteiger partial charge is 0.267 e. The number of ether oxygens (including phenoxy) is 1. The van der Waals surface area contributed by atoms with Crippen molar-refractivity contribution in [3.05, 3.63) is 65.9 Å². The fraction of sp³-hybridized carbons (Fsp3) is 0.318. The molecule has 2 aromatic carbocycles. The van der Waals surface area contributed by atoms with Crippen molar-refractivity contribution < 1.29 is 9.53 Å². The molecule has 0 bridgehead atoms. The largest absolute Gasteiger partial charge is 0.486 e. The average Bonchev–Trinajstić information content (AvgIpc) is 3.06. The highest BCUT2D eigenvalue weighted by atomic mass is 16.5. The molecule has 0 spiro atoms. The Balaban J connectivity index is 1.47. The number of hydrogen-bond donors (Lipinski definition) is 1. The molecule has 1 aliphatic rings. The predicted molar refractivity (Wildman–Crippen MR) is 104 cm³/mol. The lowest BCUT2D eigenvalue weighted by atomic mass is 10.1. The number of amides is 1. The van der Waals surface area contributed by atoms with E-state index >= 15 is 0 Å². The minimum absolute atomic E-state index is 0.00281. The average molecular weight is 348 g/mol. The molecule has 2 heterocycles. The van der Waals surface area contributed by atoms with Crippen LogP contribution in [-0.4, -0.2) is 23.1 Å². The van der Waals surface area contributed by atoms with E-state index < -0.39 is 0 Å². The van der Waals surface area contributed by atoms with Gasteiger partial charge in [-0.05, 0) is 37.0 Å². The molecule has 1 aromatic heterocycles. The van der Waals surface area contributed by atoms with Crippen molar-refractivity contribution in [1.29, 1.82) is 0 Å². The quantitative estimate of drug-likeness (QED) is 0.679. The number of aromatic nitrogens is 1. The summed E-state index contributed by atoms with van der Waals surface area (Å²) in [5.74, 6) is 0.876. The van der Waals surface area contributed by atoms with Crippen LogP contribution in [0.4, 0.5) is 0 Å². The van der Waals surface area contributed by atoms with Crippen LogP contribution in [0.25, 0.3) is 10.9 Å². The lowest BCUT2D eigenvalue weighted by Crippen LogP contribution is -2.32. The molecule has 4 heteroatoms.